The first-order valence-electron chi connectivity index (χ1n) is 6.96. The molecule has 1 rings (SSSR count). The van der Waals surface area contributed by atoms with Crippen molar-refractivity contribution in [3.05, 3.63) is 0 Å². The van der Waals surface area contributed by atoms with Gasteiger partial charge in [0.25, 0.3) is 0 Å². The summed E-state index contributed by atoms with van der Waals surface area (Å²) in [6, 6.07) is 0. The average molecular weight is 211 g/mol. The Kier molecular flexibility index (Phi) is 5.66. The van der Waals surface area contributed by atoms with Crippen molar-refractivity contribution in [2.24, 2.45) is 0 Å². The first-order valence-corrected chi connectivity index (χ1v) is 6.96. The molecule has 0 aromatic carbocycles. The van der Waals surface area contributed by atoms with Gasteiger partial charge in [-0.25, -0.2) is 0 Å². The number of hydrogen-bond donors (Lipinski definition) is 0. The van der Waals surface area contributed by atoms with Gasteiger partial charge < -0.3 is 4.90 Å². The monoisotopic (exact) mass is 211 g/mol. The van der Waals surface area contributed by atoms with Crippen LogP contribution in [0, 0.1) is 0 Å². The molecule has 0 atom stereocenters. The van der Waals surface area contributed by atoms with Crippen molar-refractivity contribution in [2.75, 3.05) is 13.6 Å². The Morgan fingerprint density at radius 3 is 1.73 bits per heavy atom. The zero-order valence-corrected chi connectivity index (χ0v) is 11.0. The summed E-state index contributed by atoms with van der Waals surface area (Å²) in [5.41, 5.74) is 0.615. The maximum atomic E-state index is 2.61. The van der Waals surface area contributed by atoms with Gasteiger partial charge in [-0.05, 0) is 26.3 Å². The zero-order valence-electron chi connectivity index (χ0n) is 11.0. The van der Waals surface area contributed by atoms with E-state index in [0.29, 0.717) is 5.54 Å². The highest BCUT2D eigenvalue weighted by molar-refractivity contribution is 4.97. The van der Waals surface area contributed by atoms with Gasteiger partial charge in [-0.1, -0.05) is 52.4 Å². The maximum absolute atomic E-state index is 2.61. The summed E-state index contributed by atoms with van der Waals surface area (Å²) in [5.74, 6) is 0. The second-order valence-electron chi connectivity index (χ2n) is 5.31. The molecule has 1 aliphatic rings. The van der Waals surface area contributed by atoms with Crippen LogP contribution in [-0.4, -0.2) is 24.0 Å². The lowest BCUT2D eigenvalue weighted by Crippen LogP contribution is -2.57. The van der Waals surface area contributed by atoms with Gasteiger partial charge >= 0.3 is 0 Å². The third-order valence-corrected chi connectivity index (χ3v) is 4.21. The lowest BCUT2D eigenvalue weighted by molar-refractivity contribution is -0.00779. The predicted octanol–water partition coefficient (Wildman–Crippen LogP) is 4.22. The minimum atomic E-state index is 0.615. The van der Waals surface area contributed by atoms with E-state index in [-0.39, 0.29) is 0 Å². The summed E-state index contributed by atoms with van der Waals surface area (Å²) in [4.78, 5) is 2.61. The molecule has 1 heteroatoms. The number of unbranched alkanes of at least 4 members (excludes halogenated alkanes) is 4. The van der Waals surface area contributed by atoms with E-state index in [4.69, 9.17) is 0 Å². The van der Waals surface area contributed by atoms with Crippen molar-refractivity contribution in [2.45, 2.75) is 77.2 Å². The predicted molar refractivity (Wildman–Crippen MR) is 68.3 cm³/mol. The third kappa shape index (κ3) is 3.48. The van der Waals surface area contributed by atoms with E-state index in [2.05, 4.69) is 25.8 Å². The summed E-state index contributed by atoms with van der Waals surface area (Å²) in [6.07, 6.45) is 12.8. The van der Waals surface area contributed by atoms with Crippen molar-refractivity contribution in [3.63, 3.8) is 0 Å². The quantitative estimate of drug-likeness (QED) is 0.543. The van der Waals surface area contributed by atoms with E-state index < -0.39 is 0 Å². The van der Waals surface area contributed by atoms with Gasteiger partial charge in [0.05, 0.1) is 0 Å². The summed E-state index contributed by atoms with van der Waals surface area (Å²) in [7, 11) is 2.32. The molecule has 1 nitrogen and oxygen atoms in total. The Bertz CT molecular complexity index is 155. The number of likely N-dealkylation sites (tertiary alicyclic amines) is 1. The van der Waals surface area contributed by atoms with Gasteiger partial charge in [-0.15, -0.1) is 0 Å². The molecule has 0 amide bonds. The summed E-state index contributed by atoms with van der Waals surface area (Å²) in [6.45, 7) is 5.93. The van der Waals surface area contributed by atoms with E-state index in [1.165, 1.54) is 64.3 Å². The van der Waals surface area contributed by atoms with Gasteiger partial charge in [0, 0.05) is 12.1 Å². The second-order valence-corrected chi connectivity index (χ2v) is 5.31. The normalized spacial score (nSPS) is 20.2. The molecule has 0 bridgehead atoms. The van der Waals surface area contributed by atoms with Crippen LogP contribution >= 0.6 is 0 Å². The molecular formula is C14H29N. The van der Waals surface area contributed by atoms with Gasteiger partial charge in [-0.2, -0.15) is 0 Å². The van der Waals surface area contributed by atoms with E-state index in [1.54, 1.807) is 0 Å². The first-order chi connectivity index (χ1) is 7.25. The standard InChI is InChI=1S/C14H29N/c1-4-6-8-10-14(11-9-7-5-2)12-13-15(14)3/h4-13H2,1-3H3. The summed E-state index contributed by atoms with van der Waals surface area (Å²) < 4.78 is 0. The summed E-state index contributed by atoms with van der Waals surface area (Å²) >= 11 is 0. The van der Waals surface area contributed by atoms with Crippen LogP contribution in [0.4, 0.5) is 0 Å². The van der Waals surface area contributed by atoms with Crippen molar-refractivity contribution < 1.29 is 0 Å². The van der Waals surface area contributed by atoms with Gasteiger partial charge in [-0.3, -0.25) is 0 Å². The van der Waals surface area contributed by atoms with Crippen molar-refractivity contribution in [1.82, 2.24) is 4.90 Å². The number of rotatable bonds is 8. The zero-order chi connectivity index (χ0) is 11.1. The largest absolute Gasteiger partial charge is 0.301 e. The highest BCUT2D eigenvalue weighted by Gasteiger charge is 2.40. The van der Waals surface area contributed by atoms with Crippen LogP contribution in [0.25, 0.3) is 0 Å². The lowest BCUT2D eigenvalue weighted by Gasteiger charge is -2.52. The minimum Gasteiger partial charge on any atom is -0.301 e. The van der Waals surface area contributed by atoms with E-state index in [9.17, 15) is 0 Å². The topological polar surface area (TPSA) is 3.24 Å². The van der Waals surface area contributed by atoms with Crippen LogP contribution in [0.15, 0.2) is 0 Å². The van der Waals surface area contributed by atoms with Crippen LogP contribution in [0.1, 0.15) is 71.6 Å². The van der Waals surface area contributed by atoms with Crippen LogP contribution < -0.4 is 0 Å². The highest BCUT2D eigenvalue weighted by atomic mass is 15.2. The molecule has 0 aromatic heterocycles. The fourth-order valence-electron chi connectivity index (χ4n) is 2.82. The molecule has 0 radical (unpaired) electrons. The molecule has 0 N–H and O–H groups in total. The van der Waals surface area contributed by atoms with Crippen LogP contribution in [0.5, 0.6) is 0 Å². The van der Waals surface area contributed by atoms with E-state index in [1.807, 2.05) is 0 Å². The van der Waals surface area contributed by atoms with Crippen LogP contribution in [-0.2, 0) is 0 Å². The molecule has 0 aromatic rings. The molecule has 1 aliphatic heterocycles. The molecule has 1 heterocycles. The van der Waals surface area contributed by atoms with E-state index >= 15 is 0 Å². The number of hydrogen-bond acceptors (Lipinski definition) is 1. The molecule has 0 saturated carbocycles. The molecule has 15 heavy (non-hydrogen) atoms. The van der Waals surface area contributed by atoms with Crippen LogP contribution in [0.2, 0.25) is 0 Å². The number of nitrogens with zero attached hydrogens (tertiary/aromatic N) is 1. The Balaban J connectivity index is 2.27. The SMILES string of the molecule is CCCCCC1(CCCCC)CCN1C. The van der Waals surface area contributed by atoms with Crippen molar-refractivity contribution in [3.8, 4) is 0 Å². The smallest absolute Gasteiger partial charge is 0.0218 e. The highest BCUT2D eigenvalue weighted by Crippen LogP contribution is 2.38. The Morgan fingerprint density at radius 1 is 0.933 bits per heavy atom. The molecular weight excluding hydrogens is 182 g/mol. The fourth-order valence-corrected chi connectivity index (χ4v) is 2.82. The lowest BCUT2D eigenvalue weighted by atomic mass is 9.76. The van der Waals surface area contributed by atoms with Gasteiger partial charge in [0.2, 0.25) is 0 Å². The Morgan fingerprint density at radius 2 is 1.47 bits per heavy atom. The molecule has 90 valence electrons. The average Bonchev–Trinajstić information content (AvgIpc) is 2.25. The van der Waals surface area contributed by atoms with Crippen LogP contribution in [0.3, 0.4) is 0 Å². The van der Waals surface area contributed by atoms with Crippen molar-refractivity contribution in [1.29, 1.82) is 0 Å². The Hall–Kier alpha value is -0.0400. The molecule has 1 saturated heterocycles. The molecule has 1 fully saturated rings. The Labute approximate surface area is 96.2 Å². The fraction of sp³-hybridized carbons (Fsp3) is 1.00. The first kappa shape index (κ1) is 13.0. The molecule has 0 spiro atoms. The molecule has 0 unspecified atom stereocenters. The second kappa shape index (κ2) is 6.52. The summed E-state index contributed by atoms with van der Waals surface area (Å²) in [5, 5.41) is 0. The van der Waals surface area contributed by atoms with Gasteiger partial charge in [0.1, 0.15) is 0 Å². The molecule has 0 aliphatic carbocycles. The minimum absolute atomic E-state index is 0.615. The van der Waals surface area contributed by atoms with Gasteiger partial charge in [0.15, 0.2) is 0 Å². The van der Waals surface area contributed by atoms with Crippen molar-refractivity contribution >= 4 is 0 Å². The third-order valence-electron chi connectivity index (χ3n) is 4.21. The maximum Gasteiger partial charge on any atom is 0.0218 e. The van der Waals surface area contributed by atoms with E-state index in [0.717, 1.165) is 0 Å².